The van der Waals surface area contributed by atoms with Gasteiger partial charge < -0.3 is 0 Å². The minimum atomic E-state index is -2.83. The van der Waals surface area contributed by atoms with Crippen molar-refractivity contribution in [1.82, 2.24) is 0 Å². The molecule has 0 heterocycles. The molecule has 0 radical (unpaired) electrons. The van der Waals surface area contributed by atoms with Gasteiger partial charge in [-0.05, 0) is 84.5 Å². The zero-order valence-corrected chi connectivity index (χ0v) is 44.8. The minimum Gasteiger partial charge on any atom is -0.0623 e. The van der Waals surface area contributed by atoms with Crippen molar-refractivity contribution < 1.29 is 0 Å². The third-order valence-electron chi connectivity index (χ3n) is 15.6. The van der Waals surface area contributed by atoms with Gasteiger partial charge in [0.2, 0.25) is 0 Å². The van der Waals surface area contributed by atoms with Crippen LogP contribution in [0.1, 0.15) is 0 Å². The molecule has 12 aromatic rings. The summed E-state index contributed by atoms with van der Waals surface area (Å²) in [6.07, 6.45) is 0. The van der Waals surface area contributed by atoms with Crippen LogP contribution in [0.25, 0.3) is 22.3 Å². The van der Waals surface area contributed by atoms with Crippen LogP contribution < -0.4 is 62.2 Å². The SMILES string of the molecule is c1ccc([Si](c2ccccc2)(c2ccccc2)c2ccc(-c3ccc([Si](c4ccccc4)(c4ccccc4)c4ccc(-c5ccc([Si](c6ccccc6)(c6ccccc6)c6ccccc6)cc5)cc4)cc3)cc2)cc1. The molecular weight excluding hydrogens is 949 g/mol. The fraction of sp³-hybridized carbons (Fsp3) is 0. The van der Waals surface area contributed by atoms with Crippen molar-refractivity contribution in [1.29, 1.82) is 0 Å². The van der Waals surface area contributed by atoms with Gasteiger partial charge in [-0.15, -0.1) is 0 Å². The Morgan fingerprint density at radius 2 is 0.213 bits per heavy atom. The zero-order valence-electron chi connectivity index (χ0n) is 41.8. The number of hydrogen-bond donors (Lipinski definition) is 0. The van der Waals surface area contributed by atoms with Crippen LogP contribution in [0.3, 0.4) is 0 Å². The highest BCUT2D eigenvalue weighted by molar-refractivity contribution is 7.21. The molecule has 0 fully saturated rings. The fourth-order valence-electron chi connectivity index (χ4n) is 12.2. The van der Waals surface area contributed by atoms with Gasteiger partial charge >= 0.3 is 0 Å². The second kappa shape index (κ2) is 21.0. The molecule has 0 nitrogen and oxygen atoms in total. The molecule has 0 N–H and O–H groups in total. The molecule has 0 amide bonds. The van der Waals surface area contributed by atoms with Crippen LogP contribution in [0.2, 0.25) is 0 Å². The zero-order chi connectivity index (χ0) is 50.3. The summed E-state index contributed by atoms with van der Waals surface area (Å²) < 4.78 is 0. The molecule has 0 spiro atoms. The molecule has 0 saturated heterocycles. The molecule has 12 aromatic carbocycles. The summed E-state index contributed by atoms with van der Waals surface area (Å²) in [5.41, 5.74) is 4.83. The molecule has 0 aliphatic carbocycles. The Labute approximate surface area is 445 Å². The second-order valence-corrected chi connectivity index (χ2v) is 30.9. The largest absolute Gasteiger partial charge is 0.179 e. The fourth-order valence-corrected chi connectivity index (χ4v) is 26.4. The quantitative estimate of drug-likeness (QED) is 0.0754. The third-order valence-corrected chi connectivity index (χ3v) is 30.0. The number of rotatable bonds is 14. The summed E-state index contributed by atoms with van der Waals surface area (Å²) in [4.78, 5) is 0. The van der Waals surface area contributed by atoms with E-state index in [4.69, 9.17) is 0 Å². The van der Waals surface area contributed by atoms with E-state index in [2.05, 4.69) is 340 Å². The van der Waals surface area contributed by atoms with E-state index < -0.39 is 24.2 Å². The first-order valence-corrected chi connectivity index (χ1v) is 32.1. The van der Waals surface area contributed by atoms with Crippen LogP contribution in [-0.4, -0.2) is 24.2 Å². The Morgan fingerprint density at radius 3 is 0.333 bits per heavy atom. The summed E-state index contributed by atoms with van der Waals surface area (Å²) in [6, 6.07) is 128. The van der Waals surface area contributed by atoms with Crippen molar-refractivity contribution >= 4 is 86.5 Å². The van der Waals surface area contributed by atoms with E-state index in [1.807, 2.05) is 0 Å². The van der Waals surface area contributed by atoms with E-state index in [0.29, 0.717) is 0 Å². The molecule has 0 aliphatic rings. The average Bonchev–Trinajstić information content (AvgIpc) is 3.51. The first kappa shape index (κ1) is 47.3. The van der Waals surface area contributed by atoms with Crippen molar-refractivity contribution in [2.75, 3.05) is 0 Å². The van der Waals surface area contributed by atoms with Crippen LogP contribution in [-0.2, 0) is 0 Å². The molecule has 0 aliphatic heterocycles. The maximum Gasteiger partial charge on any atom is 0.179 e. The first-order chi connectivity index (χ1) is 37.2. The molecule has 12 rings (SSSR count). The van der Waals surface area contributed by atoms with Crippen molar-refractivity contribution in [3.63, 3.8) is 0 Å². The van der Waals surface area contributed by atoms with Gasteiger partial charge in [-0.25, -0.2) is 0 Å². The maximum atomic E-state index is 2.42. The lowest BCUT2D eigenvalue weighted by atomic mass is 10.1. The predicted molar refractivity (Wildman–Crippen MR) is 328 cm³/mol. The Hall–Kier alpha value is -8.71. The van der Waals surface area contributed by atoms with Crippen LogP contribution in [0.15, 0.2) is 340 Å². The molecule has 0 bridgehead atoms. The monoisotopic (exact) mass is 1000 g/mol. The van der Waals surface area contributed by atoms with E-state index >= 15 is 0 Å². The lowest BCUT2D eigenvalue weighted by Gasteiger charge is -2.35. The number of hydrogen-bond acceptors (Lipinski definition) is 0. The van der Waals surface area contributed by atoms with Gasteiger partial charge in [-0.1, -0.05) is 340 Å². The third kappa shape index (κ3) is 8.51. The van der Waals surface area contributed by atoms with Crippen LogP contribution in [0.5, 0.6) is 0 Å². The van der Waals surface area contributed by atoms with E-state index in [-0.39, 0.29) is 0 Å². The van der Waals surface area contributed by atoms with Gasteiger partial charge in [0.1, 0.15) is 0 Å². The normalized spacial score (nSPS) is 11.7. The van der Waals surface area contributed by atoms with E-state index in [9.17, 15) is 0 Å². The Kier molecular flexibility index (Phi) is 13.3. The molecule has 3 heteroatoms. The lowest BCUT2D eigenvalue weighted by molar-refractivity contribution is 1.61. The molecular formula is C72H56Si3. The Morgan fingerprint density at radius 1 is 0.107 bits per heavy atom. The molecule has 0 atom stereocenters. The summed E-state index contributed by atoms with van der Waals surface area (Å²) in [7, 11) is -8.11. The smallest absolute Gasteiger partial charge is 0.0623 e. The average molecular weight is 1010 g/mol. The Balaban J connectivity index is 0.931. The summed E-state index contributed by atoms with van der Waals surface area (Å²) in [6.45, 7) is 0. The van der Waals surface area contributed by atoms with Crippen LogP contribution >= 0.6 is 0 Å². The maximum absolute atomic E-state index is 2.83. The van der Waals surface area contributed by atoms with Crippen molar-refractivity contribution in [3.8, 4) is 22.3 Å². The van der Waals surface area contributed by atoms with Gasteiger partial charge in [0.15, 0.2) is 24.2 Å². The summed E-state index contributed by atoms with van der Waals surface area (Å²) in [5.74, 6) is 0. The van der Waals surface area contributed by atoms with E-state index in [1.165, 1.54) is 84.5 Å². The molecule has 75 heavy (non-hydrogen) atoms. The highest BCUT2D eigenvalue weighted by Crippen LogP contribution is 2.23. The second-order valence-electron chi connectivity index (χ2n) is 19.5. The van der Waals surface area contributed by atoms with Gasteiger partial charge in [-0.2, -0.15) is 0 Å². The van der Waals surface area contributed by atoms with E-state index in [0.717, 1.165) is 0 Å². The van der Waals surface area contributed by atoms with Crippen molar-refractivity contribution in [3.05, 3.63) is 340 Å². The van der Waals surface area contributed by atoms with Crippen LogP contribution in [0.4, 0.5) is 0 Å². The van der Waals surface area contributed by atoms with Gasteiger partial charge in [-0.3, -0.25) is 0 Å². The number of benzene rings is 12. The molecule has 0 aromatic heterocycles. The summed E-state index contributed by atoms with van der Waals surface area (Å²) >= 11 is 0. The molecule has 0 unspecified atom stereocenters. The van der Waals surface area contributed by atoms with Gasteiger partial charge in [0.05, 0.1) is 0 Å². The highest BCUT2D eigenvalue weighted by Gasteiger charge is 2.44. The molecule has 356 valence electrons. The topological polar surface area (TPSA) is 0 Å². The first-order valence-electron chi connectivity index (χ1n) is 26.1. The lowest BCUT2D eigenvalue weighted by Crippen LogP contribution is -2.74. The van der Waals surface area contributed by atoms with Crippen molar-refractivity contribution in [2.24, 2.45) is 0 Å². The standard InChI is InChI=1S/C72H56Si3/c1-9-25-61(26-10-1)73(62-27-11-2-12-28-62,63-29-13-3-14-30-63)69-49-41-57(42-50-69)59-45-53-71(54-46-59)75(67-37-21-7-22-38-67,68-39-23-8-24-40-68)72-55-47-60(48-56-72)58-43-51-70(52-44-58)74(64-31-15-4-16-32-64,65-33-17-5-18-34-65)66-35-19-6-20-36-66/h1-56H. The van der Waals surface area contributed by atoms with Gasteiger partial charge in [0.25, 0.3) is 0 Å². The predicted octanol–water partition coefficient (Wildman–Crippen LogP) is 9.15. The highest BCUT2D eigenvalue weighted by atomic mass is 28.3. The summed E-state index contributed by atoms with van der Waals surface area (Å²) in [5, 5.41) is 16.4. The van der Waals surface area contributed by atoms with Crippen molar-refractivity contribution in [2.45, 2.75) is 0 Å². The Bertz CT molecular complexity index is 3280. The van der Waals surface area contributed by atoms with Gasteiger partial charge in [0, 0.05) is 0 Å². The minimum absolute atomic E-state index is 1.21. The molecule has 0 saturated carbocycles. The van der Waals surface area contributed by atoms with E-state index in [1.54, 1.807) is 0 Å². The van der Waals surface area contributed by atoms with Crippen LogP contribution in [0, 0.1) is 0 Å².